The topological polar surface area (TPSA) is 50.9 Å². The SMILES string of the molecule is Cc1ccc(C(N)=S)c(Nc2cc(C)c(Br)c(C)c2)n1. The van der Waals surface area contributed by atoms with Crippen molar-refractivity contribution in [1.82, 2.24) is 4.98 Å². The van der Waals surface area contributed by atoms with Crippen LogP contribution in [0.3, 0.4) is 0 Å². The third kappa shape index (κ3) is 3.16. The Morgan fingerprint density at radius 2 is 1.80 bits per heavy atom. The summed E-state index contributed by atoms with van der Waals surface area (Å²) in [6.07, 6.45) is 0. The van der Waals surface area contributed by atoms with Gasteiger partial charge >= 0.3 is 0 Å². The summed E-state index contributed by atoms with van der Waals surface area (Å²) in [4.78, 5) is 4.82. The van der Waals surface area contributed by atoms with E-state index in [0.29, 0.717) is 10.8 Å². The molecular weight excluding hydrogens is 334 g/mol. The normalized spacial score (nSPS) is 10.4. The van der Waals surface area contributed by atoms with E-state index in [1.54, 1.807) is 0 Å². The number of pyridine rings is 1. The standard InChI is InChI=1S/C15H16BrN3S/c1-8-6-11(7-9(2)13(8)16)19-15-12(14(17)20)5-4-10(3)18-15/h4-7H,1-3H3,(H2,17,20)(H,18,19). The Bertz CT molecular complexity index is 660. The van der Waals surface area contributed by atoms with Crippen LogP contribution in [0, 0.1) is 20.8 Å². The van der Waals surface area contributed by atoms with Crippen LogP contribution >= 0.6 is 28.1 Å². The van der Waals surface area contributed by atoms with E-state index in [1.807, 2.05) is 19.1 Å². The van der Waals surface area contributed by atoms with E-state index in [0.717, 1.165) is 32.5 Å². The van der Waals surface area contributed by atoms with Crippen LogP contribution in [0.2, 0.25) is 0 Å². The fourth-order valence-corrected chi connectivity index (χ4v) is 2.40. The van der Waals surface area contributed by atoms with Crippen molar-refractivity contribution in [3.8, 4) is 0 Å². The van der Waals surface area contributed by atoms with Crippen LogP contribution in [-0.2, 0) is 0 Å². The van der Waals surface area contributed by atoms with Crippen molar-refractivity contribution in [2.75, 3.05) is 5.32 Å². The molecule has 0 atom stereocenters. The minimum Gasteiger partial charge on any atom is -0.389 e. The zero-order valence-electron chi connectivity index (χ0n) is 11.6. The van der Waals surface area contributed by atoms with Crippen molar-refractivity contribution >= 4 is 44.6 Å². The maximum absolute atomic E-state index is 5.75. The second-order valence-corrected chi connectivity index (χ2v) is 5.99. The maximum Gasteiger partial charge on any atom is 0.140 e. The molecule has 0 aliphatic carbocycles. The third-order valence-electron chi connectivity index (χ3n) is 3.00. The molecule has 5 heteroatoms. The highest BCUT2D eigenvalue weighted by Crippen LogP contribution is 2.27. The molecule has 2 rings (SSSR count). The molecule has 0 spiro atoms. The molecule has 2 aromatic rings. The lowest BCUT2D eigenvalue weighted by Crippen LogP contribution is -2.13. The summed E-state index contributed by atoms with van der Waals surface area (Å²) >= 11 is 8.64. The summed E-state index contributed by atoms with van der Waals surface area (Å²) < 4.78 is 1.12. The van der Waals surface area contributed by atoms with Crippen LogP contribution in [0.1, 0.15) is 22.4 Å². The Labute approximate surface area is 132 Å². The number of nitrogens with one attached hydrogen (secondary N) is 1. The minimum atomic E-state index is 0.338. The Kier molecular flexibility index (Phi) is 4.40. The van der Waals surface area contributed by atoms with Gasteiger partial charge in [0, 0.05) is 15.9 Å². The lowest BCUT2D eigenvalue weighted by Gasteiger charge is -2.13. The Morgan fingerprint density at radius 1 is 1.20 bits per heavy atom. The lowest BCUT2D eigenvalue weighted by molar-refractivity contribution is 1.19. The molecule has 0 amide bonds. The number of nitrogens with two attached hydrogens (primary N) is 1. The number of nitrogens with zero attached hydrogens (tertiary/aromatic N) is 1. The first-order valence-electron chi connectivity index (χ1n) is 6.19. The number of benzene rings is 1. The molecule has 104 valence electrons. The second-order valence-electron chi connectivity index (χ2n) is 4.76. The van der Waals surface area contributed by atoms with Gasteiger partial charge in [-0.3, -0.25) is 0 Å². The average Bonchev–Trinajstić information content (AvgIpc) is 2.35. The van der Waals surface area contributed by atoms with Gasteiger partial charge in [0.1, 0.15) is 10.8 Å². The van der Waals surface area contributed by atoms with Crippen LogP contribution in [0.5, 0.6) is 0 Å². The summed E-state index contributed by atoms with van der Waals surface area (Å²) in [7, 11) is 0. The monoisotopic (exact) mass is 349 g/mol. The summed E-state index contributed by atoms with van der Waals surface area (Å²) in [5.74, 6) is 0.693. The quantitative estimate of drug-likeness (QED) is 0.817. The first-order chi connectivity index (χ1) is 9.38. The molecule has 1 heterocycles. The Morgan fingerprint density at radius 3 is 2.35 bits per heavy atom. The maximum atomic E-state index is 5.75. The molecule has 1 aromatic heterocycles. The molecule has 1 aromatic carbocycles. The lowest BCUT2D eigenvalue weighted by atomic mass is 10.1. The van der Waals surface area contributed by atoms with E-state index in [-0.39, 0.29) is 0 Å². The van der Waals surface area contributed by atoms with E-state index in [4.69, 9.17) is 18.0 Å². The predicted octanol–water partition coefficient (Wildman–Crippen LogP) is 4.15. The summed E-state index contributed by atoms with van der Waals surface area (Å²) in [5, 5.41) is 3.30. The van der Waals surface area contributed by atoms with Gasteiger partial charge in [-0.05, 0) is 56.2 Å². The highest BCUT2D eigenvalue weighted by Gasteiger charge is 2.09. The van der Waals surface area contributed by atoms with Crippen LogP contribution < -0.4 is 11.1 Å². The van der Waals surface area contributed by atoms with Crippen LogP contribution in [0.4, 0.5) is 11.5 Å². The van der Waals surface area contributed by atoms with Crippen molar-refractivity contribution in [3.05, 3.63) is 51.1 Å². The molecule has 20 heavy (non-hydrogen) atoms. The molecule has 0 saturated carbocycles. The van der Waals surface area contributed by atoms with E-state index in [1.165, 1.54) is 0 Å². The number of aromatic nitrogens is 1. The van der Waals surface area contributed by atoms with Crippen molar-refractivity contribution in [1.29, 1.82) is 0 Å². The molecule has 3 N–H and O–H groups in total. The second kappa shape index (κ2) is 5.89. The van der Waals surface area contributed by atoms with E-state index >= 15 is 0 Å². The van der Waals surface area contributed by atoms with Crippen molar-refractivity contribution < 1.29 is 0 Å². The van der Waals surface area contributed by atoms with Crippen LogP contribution in [0.15, 0.2) is 28.7 Å². The molecule has 0 fully saturated rings. The number of rotatable bonds is 3. The molecule has 0 radical (unpaired) electrons. The largest absolute Gasteiger partial charge is 0.389 e. The van der Waals surface area contributed by atoms with Crippen LogP contribution in [-0.4, -0.2) is 9.97 Å². The first-order valence-corrected chi connectivity index (χ1v) is 7.40. The van der Waals surface area contributed by atoms with Gasteiger partial charge in [0.25, 0.3) is 0 Å². The average molecular weight is 350 g/mol. The van der Waals surface area contributed by atoms with Gasteiger partial charge in [-0.1, -0.05) is 28.1 Å². The summed E-state index contributed by atoms with van der Waals surface area (Å²) in [5.41, 5.74) is 10.7. The number of thiocarbonyl (C=S) groups is 1. The highest BCUT2D eigenvalue weighted by atomic mass is 79.9. The van der Waals surface area contributed by atoms with Crippen molar-refractivity contribution in [3.63, 3.8) is 0 Å². The number of halogens is 1. The molecule has 0 unspecified atom stereocenters. The first kappa shape index (κ1) is 14.9. The molecule has 0 aliphatic heterocycles. The number of anilines is 2. The summed E-state index contributed by atoms with van der Waals surface area (Å²) in [6.45, 7) is 6.05. The van der Waals surface area contributed by atoms with Crippen molar-refractivity contribution in [2.24, 2.45) is 5.73 Å². The van der Waals surface area contributed by atoms with Crippen molar-refractivity contribution in [2.45, 2.75) is 20.8 Å². The van der Waals surface area contributed by atoms with E-state index in [9.17, 15) is 0 Å². The molecular formula is C15H16BrN3S. The zero-order chi connectivity index (χ0) is 14.9. The van der Waals surface area contributed by atoms with E-state index in [2.05, 4.69) is 52.2 Å². The fraction of sp³-hybridized carbons (Fsp3) is 0.200. The molecule has 0 bridgehead atoms. The fourth-order valence-electron chi connectivity index (χ4n) is 2.01. The Hall–Kier alpha value is -1.46. The zero-order valence-corrected chi connectivity index (χ0v) is 14.0. The van der Waals surface area contributed by atoms with Gasteiger partial charge < -0.3 is 11.1 Å². The molecule has 3 nitrogen and oxygen atoms in total. The van der Waals surface area contributed by atoms with Gasteiger partial charge in [0.2, 0.25) is 0 Å². The number of hydrogen-bond donors (Lipinski definition) is 2. The molecule has 0 aliphatic rings. The third-order valence-corrected chi connectivity index (χ3v) is 4.47. The van der Waals surface area contributed by atoms with Gasteiger partial charge in [-0.15, -0.1) is 0 Å². The predicted molar refractivity (Wildman–Crippen MR) is 91.8 cm³/mol. The van der Waals surface area contributed by atoms with E-state index < -0.39 is 0 Å². The van der Waals surface area contributed by atoms with Crippen LogP contribution in [0.25, 0.3) is 0 Å². The van der Waals surface area contributed by atoms with Gasteiger partial charge in [-0.2, -0.15) is 0 Å². The van der Waals surface area contributed by atoms with Gasteiger partial charge in [-0.25, -0.2) is 4.98 Å². The molecule has 0 saturated heterocycles. The summed E-state index contributed by atoms with van der Waals surface area (Å²) in [6, 6.07) is 7.91. The smallest absolute Gasteiger partial charge is 0.140 e. The Balaban J connectivity index is 2.44. The minimum absolute atomic E-state index is 0.338. The van der Waals surface area contributed by atoms with Gasteiger partial charge in [0.05, 0.1) is 5.56 Å². The van der Waals surface area contributed by atoms with Gasteiger partial charge in [0.15, 0.2) is 0 Å². The number of aryl methyl sites for hydroxylation is 3. The highest BCUT2D eigenvalue weighted by molar-refractivity contribution is 9.10. The number of hydrogen-bond acceptors (Lipinski definition) is 3.